The van der Waals surface area contributed by atoms with Crippen LogP contribution in [0, 0.1) is 0 Å². The van der Waals surface area contributed by atoms with Gasteiger partial charge in [-0.1, -0.05) is 18.2 Å². The van der Waals surface area contributed by atoms with Gasteiger partial charge in [-0.25, -0.2) is 0 Å². The summed E-state index contributed by atoms with van der Waals surface area (Å²) in [5, 5.41) is 6.05. The fourth-order valence-corrected chi connectivity index (χ4v) is 2.97. The lowest BCUT2D eigenvalue weighted by molar-refractivity contribution is -0.115. The molecule has 0 spiro atoms. The molecule has 0 bridgehead atoms. The van der Waals surface area contributed by atoms with Crippen molar-refractivity contribution in [3.63, 3.8) is 0 Å². The molecule has 1 aromatic carbocycles. The zero-order valence-corrected chi connectivity index (χ0v) is 11.9. The second-order valence-corrected chi connectivity index (χ2v) is 5.77. The SMILES string of the molecule is O=C(CNCCN1CCSCC1)Nc1ccccc1. The van der Waals surface area contributed by atoms with Crippen molar-refractivity contribution >= 4 is 23.4 Å². The van der Waals surface area contributed by atoms with Crippen molar-refractivity contribution in [3.8, 4) is 0 Å². The van der Waals surface area contributed by atoms with Crippen LogP contribution in [0.3, 0.4) is 0 Å². The molecule has 104 valence electrons. The molecule has 1 heterocycles. The lowest BCUT2D eigenvalue weighted by Crippen LogP contribution is -2.39. The Bertz CT molecular complexity index is 380. The predicted molar refractivity (Wildman–Crippen MR) is 81.7 cm³/mol. The molecule has 2 rings (SSSR count). The summed E-state index contributed by atoms with van der Waals surface area (Å²) in [6, 6.07) is 9.55. The number of hydrogen-bond donors (Lipinski definition) is 2. The predicted octanol–water partition coefficient (Wildman–Crippen LogP) is 1.26. The molecular formula is C14H21N3OS. The van der Waals surface area contributed by atoms with Crippen LogP contribution in [-0.4, -0.2) is 55.0 Å². The molecule has 0 saturated carbocycles. The van der Waals surface area contributed by atoms with Gasteiger partial charge in [0, 0.05) is 43.4 Å². The highest BCUT2D eigenvalue weighted by Crippen LogP contribution is 2.08. The number of hydrogen-bond acceptors (Lipinski definition) is 4. The first-order chi connectivity index (χ1) is 9.34. The van der Waals surface area contributed by atoms with E-state index in [9.17, 15) is 4.79 Å². The fourth-order valence-electron chi connectivity index (χ4n) is 1.99. The first-order valence-corrected chi connectivity index (χ1v) is 7.86. The average Bonchev–Trinajstić information content (AvgIpc) is 2.46. The van der Waals surface area contributed by atoms with Crippen LogP contribution in [0.4, 0.5) is 5.69 Å². The largest absolute Gasteiger partial charge is 0.325 e. The minimum atomic E-state index is 0.0143. The van der Waals surface area contributed by atoms with E-state index in [-0.39, 0.29) is 5.91 Å². The maximum absolute atomic E-state index is 11.7. The summed E-state index contributed by atoms with van der Waals surface area (Å²) < 4.78 is 0. The lowest BCUT2D eigenvalue weighted by Gasteiger charge is -2.25. The van der Waals surface area contributed by atoms with Crippen LogP contribution < -0.4 is 10.6 Å². The summed E-state index contributed by atoms with van der Waals surface area (Å²) in [5.41, 5.74) is 0.849. The number of carbonyl (C=O) groups is 1. The number of amides is 1. The minimum Gasteiger partial charge on any atom is -0.325 e. The third kappa shape index (κ3) is 5.63. The van der Waals surface area contributed by atoms with Crippen molar-refractivity contribution in [2.45, 2.75) is 0 Å². The summed E-state index contributed by atoms with van der Waals surface area (Å²) in [6.07, 6.45) is 0. The van der Waals surface area contributed by atoms with E-state index in [1.54, 1.807) is 0 Å². The summed E-state index contributed by atoms with van der Waals surface area (Å²) in [7, 11) is 0. The standard InChI is InChI=1S/C14H21N3OS/c18-14(16-13-4-2-1-3-5-13)12-15-6-7-17-8-10-19-11-9-17/h1-5,15H,6-12H2,(H,16,18). The number of nitrogens with zero attached hydrogens (tertiary/aromatic N) is 1. The number of anilines is 1. The first kappa shape index (κ1) is 14.4. The van der Waals surface area contributed by atoms with E-state index in [1.807, 2.05) is 42.1 Å². The Morgan fingerprint density at radius 2 is 1.95 bits per heavy atom. The van der Waals surface area contributed by atoms with Crippen LogP contribution in [0.25, 0.3) is 0 Å². The van der Waals surface area contributed by atoms with Crippen LogP contribution in [0.2, 0.25) is 0 Å². The van der Waals surface area contributed by atoms with Gasteiger partial charge in [-0.05, 0) is 12.1 Å². The van der Waals surface area contributed by atoms with E-state index in [2.05, 4.69) is 15.5 Å². The topological polar surface area (TPSA) is 44.4 Å². The van der Waals surface area contributed by atoms with Crippen molar-refractivity contribution in [3.05, 3.63) is 30.3 Å². The van der Waals surface area contributed by atoms with Gasteiger partial charge in [-0.15, -0.1) is 0 Å². The second-order valence-electron chi connectivity index (χ2n) is 4.54. The zero-order chi connectivity index (χ0) is 13.3. The van der Waals surface area contributed by atoms with Crippen molar-refractivity contribution in [2.24, 2.45) is 0 Å². The van der Waals surface area contributed by atoms with Crippen LogP contribution in [-0.2, 0) is 4.79 Å². The number of carbonyl (C=O) groups excluding carboxylic acids is 1. The van der Waals surface area contributed by atoms with E-state index in [0.29, 0.717) is 6.54 Å². The maximum atomic E-state index is 11.7. The number of benzene rings is 1. The van der Waals surface area contributed by atoms with Gasteiger partial charge >= 0.3 is 0 Å². The quantitative estimate of drug-likeness (QED) is 0.770. The Morgan fingerprint density at radius 3 is 2.68 bits per heavy atom. The van der Waals surface area contributed by atoms with Gasteiger partial charge in [0.1, 0.15) is 0 Å². The molecule has 1 amide bonds. The molecule has 0 aliphatic carbocycles. The van der Waals surface area contributed by atoms with Crippen molar-refractivity contribution in [1.29, 1.82) is 0 Å². The van der Waals surface area contributed by atoms with Crippen LogP contribution in [0.5, 0.6) is 0 Å². The molecule has 0 unspecified atom stereocenters. The third-order valence-corrected chi connectivity index (χ3v) is 3.99. The van der Waals surface area contributed by atoms with Gasteiger partial charge in [-0.3, -0.25) is 4.79 Å². The van der Waals surface area contributed by atoms with E-state index in [1.165, 1.54) is 24.6 Å². The van der Waals surface area contributed by atoms with Crippen molar-refractivity contribution in [2.75, 3.05) is 49.5 Å². The number of nitrogens with one attached hydrogen (secondary N) is 2. The molecule has 1 saturated heterocycles. The summed E-state index contributed by atoms with van der Waals surface area (Å²) in [6.45, 7) is 4.61. The van der Waals surface area contributed by atoms with Gasteiger partial charge in [0.15, 0.2) is 0 Å². The fraction of sp³-hybridized carbons (Fsp3) is 0.500. The molecule has 0 atom stereocenters. The Labute approximate surface area is 118 Å². The number of thioether (sulfide) groups is 1. The molecule has 0 radical (unpaired) electrons. The zero-order valence-electron chi connectivity index (χ0n) is 11.1. The molecule has 1 aromatic rings. The Morgan fingerprint density at radius 1 is 1.21 bits per heavy atom. The van der Waals surface area contributed by atoms with Gasteiger partial charge < -0.3 is 15.5 Å². The first-order valence-electron chi connectivity index (χ1n) is 6.70. The molecule has 1 fully saturated rings. The summed E-state index contributed by atoms with van der Waals surface area (Å²) in [4.78, 5) is 14.1. The monoisotopic (exact) mass is 279 g/mol. The van der Waals surface area contributed by atoms with E-state index in [4.69, 9.17) is 0 Å². The average molecular weight is 279 g/mol. The van der Waals surface area contributed by atoms with E-state index < -0.39 is 0 Å². The molecule has 1 aliphatic rings. The van der Waals surface area contributed by atoms with Gasteiger partial charge in [0.05, 0.1) is 6.54 Å². The normalized spacial score (nSPS) is 16.2. The highest BCUT2D eigenvalue weighted by atomic mass is 32.2. The van der Waals surface area contributed by atoms with Crippen molar-refractivity contribution < 1.29 is 4.79 Å². The molecule has 19 heavy (non-hydrogen) atoms. The number of para-hydroxylation sites is 1. The van der Waals surface area contributed by atoms with Gasteiger partial charge in [-0.2, -0.15) is 11.8 Å². The number of rotatable bonds is 6. The molecule has 2 N–H and O–H groups in total. The molecule has 4 nitrogen and oxygen atoms in total. The van der Waals surface area contributed by atoms with Crippen LogP contribution in [0.15, 0.2) is 30.3 Å². The van der Waals surface area contributed by atoms with Crippen LogP contribution >= 0.6 is 11.8 Å². The highest BCUT2D eigenvalue weighted by Gasteiger charge is 2.09. The van der Waals surface area contributed by atoms with Gasteiger partial charge in [0.2, 0.25) is 5.91 Å². The highest BCUT2D eigenvalue weighted by molar-refractivity contribution is 7.99. The molecule has 0 aromatic heterocycles. The maximum Gasteiger partial charge on any atom is 0.238 e. The molecular weight excluding hydrogens is 258 g/mol. The smallest absolute Gasteiger partial charge is 0.238 e. The Kier molecular flexibility index (Phi) is 6.20. The van der Waals surface area contributed by atoms with Crippen molar-refractivity contribution in [1.82, 2.24) is 10.2 Å². The minimum absolute atomic E-state index is 0.0143. The summed E-state index contributed by atoms with van der Waals surface area (Å²) in [5.74, 6) is 2.48. The Hall–Kier alpha value is -1.04. The lowest BCUT2D eigenvalue weighted by atomic mass is 10.3. The van der Waals surface area contributed by atoms with E-state index in [0.717, 1.165) is 18.8 Å². The second kappa shape index (κ2) is 8.19. The van der Waals surface area contributed by atoms with Gasteiger partial charge in [0.25, 0.3) is 0 Å². The third-order valence-electron chi connectivity index (χ3n) is 3.05. The van der Waals surface area contributed by atoms with Crippen LogP contribution in [0.1, 0.15) is 0 Å². The molecule has 5 heteroatoms. The Balaban J connectivity index is 1.56. The van der Waals surface area contributed by atoms with E-state index >= 15 is 0 Å². The molecule has 1 aliphatic heterocycles. The summed E-state index contributed by atoms with van der Waals surface area (Å²) >= 11 is 2.02.